The Morgan fingerprint density at radius 3 is 2.67 bits per heavy atom. The smallest absolute Gasteiger partial charge is 0.231 e. The molecule has 0 fully saturated rings. The standard InChI is InChI=1S/C19H17N3O2/c1-13-4-6-14(7-5-13)19-21-15-10-17-18(24-12-23-17)11-16(15)22(19)9-3-2-8-20/h4-7,10-11H,2-3,9,12H2,1H3. The van der Waals surface area contributed by atoms with Gasteiger partial charge in [0.2, 0.25) is 6.79 Å². The van der Waals surface area contributed by atoms with Crippen LogP contribution in [0.4, 0.5) is 0 Å². The summed E-state index contributed by atoms with van der Waals surface area (Å²) in [6.45, 7) is 3.06. The molecule has 0 unspecified atom stereocenters. The van der Waals surface area contributed by atoms with Crippen molar-refractivity contribution in [3.05, 3.63) is 42.0 Å². The molecule has 0 atom stereocenters. The molecule has 0 amide bonds. The Bertz CT molecular complexity index is 936. The van der Waals surface area contributed by atoms with Crippen molar-refractivity contribution in [2.24, 2.45) is 0 Å². The predicted molar refractivity (Wildman–Crippen MR) is 90.9 cm³/mol. The molecule has 1 aromatic heterocycles. The van der Waals surface area contributed by atoms with Crippen LogP contribution in [0.25, 0.3) is 22.4 Å². The maximum atomic E-state index is 8.84. The zero-order valence-corrected chi connectivity index (χ0v) is 13.5. The van der Waals surface area contributed by atoms with E-state index in [2.05, 4.69) is 41.8 Å². The first-order chi connectivity index (χ1) is 11.8. The molecule has 0 spiro atoms. The molecule has 3 aromatic rings. The number of aromatic nitrogens is 2. The fourth-order valence-electron chi connectivity index (χ4n) is 2.98. The van der Waals surface area contributed by atoms with Crippen molar-refractivity contribution in [1.82, 2.24) is 9.55 Å². The summed E-state index contributed by atoms with van der Waals surface area (Å²) in [6.07, 6.45) is 1.31. The number of nitrogens with zero attached hydrogens (tertiary/aromatic N) is 3. The van der Waals surface area contributed by atoms with Gasteiger partial charge >= 0.3 is 0 Å². The van der Waals surface area contributed by atoms with Gasteiger partial charge in [0.25, 0.3) is 0 Å². The number of nitriles is 1. The minimum absolute atomic E-state index is 0.251. The van der Waals surface area contributed by atoms with Crippen molar-refractivity contribution < 1.29 is 9.47 Å². The van der Waals surface area contributed by atoms with Crippen molar-refractivity contribution in [2.45, 2.75) is 26.3 Å². The van der Waals surface area contributed by atoms with Gasteiger partial charge in [-0.1, -0.05) is 29.8 Å². The number of rotatable bonds is 4. The number of benzene rings is 2. The van der Waals surface area contributed by atoms with E-state index in [1.807, 2.05) is 12.1 Å². The van der Waals surface area contributed by atoms with Gasteiger partial charge in [-0.15, -0.1) is 0 Å². The molecule has 0 N–H and O–H groups in total. The normalized spacial score (nSPS) is 12.5. The highest BCUT2D eigenvalue weighted by atomic mass is 16.7. The number of imidazole rings is 1. The van der Waals surface area contributed by atoms with Gasteiger partial charge < -0.3 is 14.0 Å². The van der Waals surface area contributed by atoms with Gasteiger partial charge in [0.05, 0.1) is 17.1 Å². The van der Waals surface area contributed by atoms with Gasteiger partial charge in [-0.25, -0.2) is 4.98 Å². The van der Waals surface area contributed by atoms with Crippen LogP contribution >= 0.6 is 0 Å². The summed E-state index contributed by atoms with van der Waals surface area (Å²) in [6, 6.07) is 14.4. The predicted octanol–water partition coefficient (Wildman–Crippen LogP) is 4.04. The van der Waals surface area contributed by atoms with E-state index in [1.165, 1.54) is 5.56 Å². The lowest BCUT2D eigenvalue weighted by atomic mass is 10.1. The minimum atomic E-state index is 0.251. The number of hydrogen-bond donors (Lipinski definition) is 0. The van der Waals surface area contributed by atoms with Crippen LogP contribution in [-0.2, 0) is 6.54 Å². The van der Waals surface area contributed by atoms with Crippen molar-refractivity contribution in [1.29, 1.82) is 5.26 Å². The van der Waals surface area contributed by atoms with Crippen LogP contribution in [0.2, 0.25) is 0 Å². The van der Waals surface area contributed by atoms with Crippen LogP contribution in [0.1, 0.15) is 18.4 Å². The number of aryl methyl sites for hydroxylation is 2. The Kier molecular flexibility index (Phi) is 3.58. The SMILES string of the molecule is Cc1ccc(-c2nc3cc4c(cc3n2CCCC#N)OCO4)cc1. The molecule has 0 radical (unpaired) electrons. The second-order valence-corrected chi connectivity index (χ2v) is 5.91. The minimum Gasteiger partial charge on any atom is -0.454 e. The average molecular weight is 319 g/mol. The van der Waals surface area contributed by atoms with Gasteiger partial charge in [-0.05, 0) is 13.3 Å². The molecule has 24 heavy (non-hydrogen) atoms. The van der Waals surface area contributed by atoms with Crippen LogP contribution in [-0.4, -0.2) is 16.3 Å². The van der Waals surface area contributed by atoms with E-state index in [-0.39, 0.29) is 6.79 Å². The van der Waals surface area contributed by atoms with Crippen LogP contribution in [0.3, 0.4) is 0 Å². The monoisotopic (exact) mass is 319 g/mol. The molecule has 0 saturated carbocycles. The molecule has 4 rings (SSSR count). The number of fused-ring (bicyclic) bond motifs is 2. The Morgan fingerprint density at radius 1 is 1.17 bits per heavy atom. The summed E-state index contributed by atoms with van der Waals surface area (Å²) in [5, 5.41) is 8.84. The van der Waals surface area contributed by atoms with Gasteiger partial charge in [0, 0.05) is 30.7 Å². The Hall–Kier alpha value is -3.00. The molecule has 0 saturated heterocycles. The molecule has 1 aliphatic heterocycles. The molecule has 0 aliphatic carbocycles. The highest BCUT2D eigenvalue weighted by molar-refractivity contribution is 5.84. The summed E-state index contributed by atoms with van der Waals surface area (Å²) in [4.78, 5) is 4.81. The first-order valence-electron chi connectivity index (χ1n) is 8.00. The Balaban J connectivity index is 1.86. The molecule has 2 aromatic carbocycles. The summed E-state index contributed by atoms with van der Waals surface area (Å²) in [7, 11) is 0. The van der Waals surface area contributed by atoms with Gasteiger partial charge in [0.15, 0.2) is 11.5 Å². The third-order valence-electron chi connectivity index (χ3n) is 4.22. The molecule has 0 bridgehead atoms. The molecule has 1 aliphatic rings. The average Bonchev–Trinajstić information content (AvgIpc) is 3.18. The fraction of sp³-hybridized carbons (Fsp3) is 0.263. The summed E-state index contributed by atoms with van der Waals surface area (Å²) < 4.78 is 13.1. The first kappa shape index (κ1) is 14.6. The molecular weight excluding hydrogens is 302 g/mol. The second kappa shape index (κ2) is 5.89. The number of ether oxygens (including phenoxy) is 2. The second-order valence-electron chi connectivity index (χ2n) is 5.91. The Labute approximate surface area is 140 Å². The van der Waals surface area contributed by atoms with Gasteiger partial charge in [0.1, 0.15) is 5.82 Å². The maximum Gasteiger partial charge on any atom is 0.231 e. The van der Waals surface area contributed by atoms with E-state index in [4.69, 9.17) is 19.7 Å². The van der Waals surface area contributed by atoms with Crippen LogP contribution in [0, 0.1) is 18.3 Å². The molecule has 5 heteroatoms. The number of hydrogen-bond acceptors (Lipinski definition) is 4. The van der Waals surface area contributed by atoms with Gasteiger partial charge in [-0.3, -0.25) is 0 Å². The lowest BCUT2D eigenvalue weighted by Gasteiger charge is -2.09. The van der Waals surface area contributed by atoms with Crippen molar-refractivity contribution >= 4 is 11.0 Å². The highest BCUT2D eigenvalue weighted by Crippen LogP contribution is 2.37. The highest BCUT2D eigenvalue weighted by Gasteiger charge is 2.19. The van der Waals surface area contributed by atoms with E-state index < -0.39 is 0 Å². The summed E-state index contributed by atoms with van der Waals surface area (Å²) in [5.41, 5.74) is 4.17. The van der Waals surface area contributed by atoms with E-state index in [9.17, 15) is 0 Å². The Morgan fingerprint density at radius 2 is 1.92 bits per heavy atom. The van der Waals surface area contributed by atoms with E-state index in [0.29, 0.717) is 6.42 Å². The molecule has 5 nitrogen and oxygen atoms in total. The van der Waals surface area contributed by atoms with Crippen molar-refractivity contribution in [3.8, 4) is 29.0 Å². The molecular formula is C19H17N3O2. The molecule has 120 valence electrons. The van der Waals surface area contributed by atoms with E-state index in [1.54, 1.807) is 0 Å². The largest absolute Gasteiger partial charge is 0.454 e. The first-order valence-corrected chi connectivity index (χ1v) is 8.00. The third kappa shape index (κ3) is 2.46. The third-order valence-corrected chi connectivity index (χ3v) is 4.22. The van der Waals surface area contributed by atoms with Crippen molar-refractivity contribution in [3.63, 3.8) is 0 Å². The van der Waals surface area contributed by atoms with Crippen LogP contribution < -0.4 is 9.47 Å². The quantitative estimate of drug-likeness (QED) is 0.681. The number of unbranched alkanes of at least 4 members (excludes halogenated alkanes) is 1. The van der Waals surface area contributed by atoms with E-state index >= 15 is 0 Å². The fourth-order valence-corrected chi connectivity index (χ4v) is 2.98. The zero-order chi connectivity index (χ0) is 16.5. The molecule has 2 heterocycles. The summed E-state index contributed by atoms with van der Waals surface area (Å²) >= 11 is 0. The van der Waals surface area contributed by atoms with Gasteiger partial charge in [-0.2, -0.15) is 5.26 Å². The topological polar surface area (TPSA) is 60.1 Å². The zero-order valence-electron chi connectivity index (χ0n) is 13.5. The summed E-state index contributed by atoms with van der Waals surface area (Å²) in [5.74, 6) is 2.39. The maximum absolute atomic E-state index is 8.84. The lowest BCUT2D eigenvalue weighted by molar-refractivity contribution is 0.174. The lowest BCUT2D eigenvalue weighted by Crippen LogP contribution is -2.01. The van der Waals surface area contributed by atoms with Crippen LogP contribution in [0.15, 0.2) is 36.4 Å². The van der Waals surface area contributed by atoms with Crippen LogP contribution in [0.5, 0.6) is 11.5 Å². The van der Waals surface area contributed by atoms with E-state index in [0.717, 1.165) is 46.9 Å². The van der Waals surface area contributed by atoms with Crippen molar-refractivity contribution in [2.75, 3.05) is 6.79 Å².